The first-order valence-corrected chi connectivity index (χ1v) is 8.00. The molecule has 2 aromatic carbocycles. The number of fused-ring (bicyclic) bond motifs is 2. The topological polar surface area (TPSA) is 0 Å². The molecule has 0 spiro atoms. The molecule has 0 saturated heterocycles. The number of thiophene rings is 1. The summed E-state index contributed by atoms with van der Waals surface area (Å²) in [5, 5.41) is 3.68. The fourth-order valence-corrected chi connectivity index (χ4v) is 3.97. The van der Waals surface area contributed by atoms with Gasteiger partial charge >= 0.3 is 0 Å². The molecular formula is C19H16S. The molecule has 1 aliphatic rings. The predicted octanol–water partition coefficient (Wildman–Crippen LogP) is 5.47. The van der Waals surface area contributed by atoms with Crippen molar-refractivity contribution in [3.8, 4) is 0 Å². The zero-order valence-corrected chi connectivity index (χ0v) is 12.1. The van der Waals surface area contributed by atoms with Gasteiger partial charge in [-0.1, -0.05) is 54.1 Å². The lowest BCUT2D eigenvalue weighted by molar-refractivity contribution is 0.843. The van der Waals surface area contributed by atoms with Crippen molar-refractivity contribution < 1.29 is 0 Å². The van der Waals surface area contributed by atoms with Crippen molar-refractivity contribution in [2.24, 2.45) is 0 Å². The van der Waals surface area contributed by atoms with Crippen molar-refractivity contribution in [3.63, 3.8) is 0 Å². The van der Waals surface area contributed by atoms with Gasteiger partial charge in [-0.25, -0.2) is 0 Å². The van der Waals surface area contributed by atoms with Crippen LogP contribution in [0.4, 0.5) is 0 Å². The van der Waals surface area contributed by atoms with Gasteiger partial charge in [-0.15, -0.1) is 11.3 Å². The van der Waals surface area contributed by atoms with Gasteiger partial charge in [-0.05, 0) is 52.8 Å². The van der Waals surface area contributed by atoms with E-state index in [0.29, 0.717) is 0 Å². The molecule has 0 atom stereocenters. The third kappa shape index (κ3) is 2.08. The molecule has 0 aliphatic heterocycles. The molecule has 98 valence electrons. The number of hydrogen-bond donors (Lipinski definition) is 0. The zero-order valence-electron chi connectivity index (χ0n) is 11.3. The first-order chi connectivity index (χ1) is 9.90. The molecule has 0 fully saturated rings. The van der Waals surface area contributed by atoms with Crippen LogP contribution in [-0.4, -0.2) is 0 Å². The highest BCUT2D eigenvalue weighted by Crippen LogP contribution is 2.31. The zero-order chi connectivity index (χ0) is 13.4. The van der Waals surface area contributed by atoms with Crippen LogP contribution in [0.3, 0.4) is 0 Å². The van der Waals surface area contributed by atoms with E-state index < -0.39 is 0 Å². The first-order valence-electron chi connectivity index (χ1n) is 7.12. The Labute approximate surface area is 123 Å². The van der Waals surface area contributed by atoms with Crippen molar-refractivity contribution in [1.29, 1.82) is 0 Å². The second-order valence-electron chi connectivity index (χ2n) is 5.44. The highest BCUT2D eigenvalue weighted by molar-refractivity contribution is 7.17. The van der Waals surface area contributed by atoms with Crippen molar-refractivity contribution in [1.82, 2.24) is 0 Å². The van der Waals surface area contributed by atoms with Crippen molar-refractivity contribution in [2.75, 3.05) is 0 Å². The highest BCUT2D eigenvalue weighted by Gasteiger charge is 2.12. The summed E-state index contributed by atoms with van der Waals surface area (Å²) in [6, 6.07) is 17.5. The van der Waals surface area contributed by atoms with Gasteiger partial charge < -0.3 is 0 Å². The smallest absolute Gasteiger partial charge is 0.0348 e. The van der Waals surface area contributed by atoms with Crippen LogP contribution in [-0.2, 0) is 12.8 Å². The summed E-state index contributed by atoms with van der Waals surface area (Å²) in [5.74, 6) is 0. The molecule has 0 nitrogen and oxygen atoms in total. The number of benzene rings is 2. The van der Waals surface area contributed by atoms with Crippen LogP contribution in [0.25, 0.3) is 16.2 Å². The Hall–Kier alpha value is -1.86. The lowest BCUT2D eigenvalue weighted by Gasteiger charge is -2.18. The van der Waals surface area contributed by atoms with Crippen LogP contribution in [0.5, 0.6) is 0 Å². The number of hydrogen-bond acceptors (Lipinski definition) is 1. The van der Waals surface area contributed by atoms with Gasteiger partial charge in [0.2, 0.25) is 0 Å². The number of rotatable bonds is 1. The van der Waals surface area contributed by atoms with Crippen LogP contribution in [0.1, 0.15) is 23.1 Å². The van der Waals surface area contributed by atoms with E-state index in [1.165, 1.54) is 39.6 Å². The molecule has 3 aromatic rings. The molecule has 1 heteroatoms. The Balaban J connectivity index is 1.72. The van der Waals surface area contributed by atoms with E-state index in [1.807, 2.05) is 11.3 Å². The SMILES string of the molecule is C(=C1CCc2ccccc2C1)c1csc2ccccc12. The van der Waals surface area contributed by atoms with E-state index >= 15 is 0 Å². The van der Waals surface area contributed by atoms with Gasteiger partial charge in [0.05, 0.1) is 0 Å². The standard InChI is InChI=1S/C19H16S/c1-2-6-16-11-14(9-10-15(16)5-1)12-17-13-20-19-8-4-3-7-18(17)19/h1-8,12-13H,9-11H2. The Morgan fingerprint density at radius 1 is 0.850 bits per heavy atom. The van der Waals surface area contributed by atoms with E-state index in [1.54, 1.807) is 5.57 Å². The summed E-state index contributed by atoms with van der Waals surface area (Å²) in [6.07, 6.45) is 5.90. The van der Waals surface area contributed by atoms with Gasteiger partial charge in [-0.3, -0.25) is 0 Å². The third-order valence-corrected chi connectivity index (χ3v) is 5.10. The highest BCUT2D eigenvalue weighted by atomic mass is 32.1. The molecular weight excluding hydrogens is 260 g/mol. The van der Waals surface area contributed by atoms with E-state index in [9.17, 15) is 0 Å². The average Bonchev–Trinajstić information content (AvgIpc) is 2.91. The fraction of sp³-hybridized carbons (Fsp3) is 0.158. The average molecular weight is 276 g/mol. The number of allylic oxidation sites excluding steroid dienone is 1. The van der Waals surface area contributed by atoms with Gasteiger partial charge in [-0.2, -0.15) is 0 Å². The molecule has 4 rings (SSSR count). The third-order valence-electron chi connectivity index (χ3n) is 4.12. The summed E-state index contributed by atoms with van der Waals surface area (Å²) in [6.45, 7) is 0. The normalized spacial score (nSPS) is 16.5. The molecule has 0 amide bonds. The second kappa shape index (κ2) is 4.92. The lowest BCUT2D eigenvalue weighted by atomic mass is 9.87. The van der Waals surface area contributed by atoms with E-state index in [4.69, 9.17) is 0 Å². The molecule has 0 saturated carbocycles. The summed E-state index contributed by atoms with van der Waals surface area (Å²) in [4.78, 5) is 0. The van der Waals surface area contributed by atoms with Gasteiger partial charge in [0, 0.05) is 4.70 Å². The minimum Gasteiger partial charge on any atom is -0.143 e. The van der Waals surface area contributed by atoms with Crippen molar-refractivity contribution >= 4 is 27.5 Å². The summed E-state index contributed by atoms with van der Waals surface area (Å²) >= 11 is 1.84. The number of aryl methyl sites for hydroxylation is 1. The maximum Gasteiger partial charge on any atom is 0.0348 e. The lowest BCUT2D eigenvalue weighted by Crippen LogP contribution is -2.04. The molecule has 0 radical (unpaired) electrons. The molecule has 1 heterocycles. The maximum absolute atomic E-state index is 2.41. The van der Waals surface area contributed by atoms with Crippen LogP contribution >= 0.6 is 11.3 Å². The van der Waals surface area contributed by atoms with E-state index in [2.05, 4.69) is 60.0 Å². The van der Waals surface area contributed by atoms with Crippen LogP contribution in [0, 0.1) is 0 Å². The quantitative estimate of drug-likeness (QED) is 0.552. The fourth-order valence-electron chi connectivity index (χ4n) is 3.06. The Morgan fingerprint density at radius 3 is 2.60 bits per heavy atom. The maximum atomic E-state index is 2.41. The molecule has 0 bridgehead atoms. The minimum absolute atomic E-state index is 1.11. The van der Waals surface area contributed by atoms with Crippen molar-refractivity contribution in [3.05, 3.63) is 76.2 Å². The minimum atomic E-state index is 1.11. The van der Waals surface area contributed by atoms with Crippen LogP contribution in [0.2, 0.25) is 0 Å². The summed E-state index contributed by atoms with van der Waals surface area (Å²) in [7, 11) is 0. The Bertz CT molecular complexity index is 792. The molecule has 20 heavy (non-hydrogen) atoms. The molecule has 1 aromatic heterocycles. The van der Waals surface area contributed by atoms with Crippen LogP contribution in [0.15, 0.2) is 59.5 Å². The molecule has 1 aliphatic carbocycles. The van der Waals surface area contributed by atoms with Gasteiger partial charge in [0.25, 0.3) is 0 Å². The first kappa shape index (κ1) is 11.9. The van der Waals surface area contributed by atoms with E-state index in [0.717, 1.165) is 6.42 Å². The monoisotopic (exact) mass is 276 g/mol. The summed E-state index contributed by atoms with van der Waals surface area (Å²) < 4.78 is 1.38. The van der Waals surface area contributed by atoms with Gasteiger partial charge in [0.15, 0.2) is 0 Å². The van der Waals surface area contributed by atoms with Crippen molar-refractivity contribution in [2.45, 2.75) is 19.3 Å². The summed E-state index contributed by atoms with van der Waals surface area (Å²) in [5.41, 5.74) is 5.98. The second-order valence-corrected chi connectivity index (χ2v) is 6.35. The Morgan fingerprint density at radius 2 is 1.65 bits per heavy atom. The molecule has 0 unspecified atom stereocenters. The van der Waals surface area contributed by atoms with Gasteiger partial charge in [0.1, 0.15) is 0 Å². The van der Waals surface area contributed by atoms with Crippen LogP contribution < -0.4 is 0 Å². The van der Waals surface area contributed by atoms with E-state index in [-0.39, 0.29) is 0 Å². The largest absolute Gasteiger partial charge is 0.143 e. The molecule has 0 N–H and O–H groups in total. The Kier molecular flexibility index (Phi) is 2.93. The predicted molar refractivity (Wildman–Crippen MR) is 88.3 cm³/mol.